The lowest BCUT2D eigenvalue weighted by Crippen LogP contribution is -2.07. The first-order valence-electron chi connectivity index (χ1n) is 3.89. The van der Waals surface area contributed by atoms with Gasteiger partial charge in [-0.25, -0.2) is 0 Å². The highest BCUT2D eigenvalue weighted by atomic mass is 16.5. The molecule has 68 valence electrons. The van der Waals surface area contributed by atoms with E-state index in [4.69, 9.17) is 4.74 Å². The fraction of sp³-hybridized carbons (Fsp3) is 0.556. The number of Topliss-reactive ketones (excluding diaryl/α,β-unsaturated/α-hetero) is 2. The molecule has 0 radical (unpaired) electrons. The Labute approximate surface area is 72.4 Å². The van der Waals surface area contributed by atoms with Crippen LogP contribution < -0.4 is 0 Å². The molecule has 0 atom stereocenters. The smallest absolute Gasteiger partial charge is 0.163 e. The number of ketones is 2. The van der Waals surface area contributed by atoms with Gasteiger partial charge in [0.25, 0.3) is 0 Å². The van der Waals surface area contributed by atoms with E-state index in [9.17, 15) is 9.59 Å². The lowest BCUT2D eigenvalue weighted by molar-refractivity contribution is -0.119. The summed E-state index contributed by atoms with van der Waals surface area (Å²) in [5.41, 5.74) is 0.225. The largest absolute Gasteiger partial charge is 0.378 e. The molecule has 0 N–H and O–H groups in total. The zero-order valence-corrected chi connectivity index (χ0v) is 7.72. The minimum atomic E-state index is -0.206. The van der Waals surface area contributed by atoms with Crippen LogP contribution in [-0.2, 0) is 14.3 Å². The topological polar surface area (TPSA) is 43.4 Å². The average molecular weight is 170 g/mol. The highest BCUT2D eigenvalue weighted by molar-refractivity contribution is 6.18. The van der Waals surface area contributed by atoms with Crippen LogP contribution in [0.25, 0.3) is 0 Å². The van der Waals surface area contributed by atoms with Gasteiger partial charge in [0, 0.05) is 6.61 Å². The number of carbonyl (C=O) groups is 2. The van der Waals surface area contributed by atoms with Crippen LogP contribution in [-0.4, -0.2) is 24.8 Å². The molecule has 3 nitrogen and oxygen atoms in total. The highest BCUT2D eigenvalue weighted by Gasteiger charge is 2.07. The molecule has 0 bridgehead atoms. The van der Waals surface area contributed by atoms with E-state index in [0.29, 0.717) is 13.2 Å². The summed E-state index contributed by atoms with van der Waals surface area (Å²) in [6.45, 7) is 5.51. The summed E-state index contributed by atoms with van der Waals surface area (Å²) in [5, 5.41) is 0. The lowest BCUT2D eigenvalue weighted by atomic mass is 10.1. The molecule has 0 amide bonds. The predicted octanol–water partition coefficient (Wildman–Crippen LogP) is 1.13. The molecule has 0 aromatic rings. The summed E-state index contributed by atoms with van der Waals surface area (Å²) >= 11 is 0. The maximum absolute atomic E-state index is 10.8. The van der Waals surface area contributed by atoms with Crippen molar-refractivity contribution in [1.29, 1.82) is 0 Å². The Morgan fingerprint density at radius 3 is 2.08 bits per heavy atom. The number of hydrogen-bond donors (Lipinski definition) is 0. The first-order chi connectivity index (χ1) is 5.59. The van der Waals surface area contributed by atoms with E-state index in [-0.39, 0.29) is 17.1 Å². The van der Waals surface area contributed by atoms with Crippen LogP contribution >= 0.6 is 0 Å². The number of hydrogen-bond acceptors (Lipinski definition) is 3. The van der Waals surface area contributed by atoms with Crippen LogP contribution in [0, 0.1) is 0 Å². The lowest BCUT2D eigenvalue weighted by Gasteiger charge is -1.98. The minimum absolute atomic E-state index is 0.206. The molecule has 0 aromatic carbocycles. The molecule has 0 heterocycles. The van der Waals surface area contributed by atoms with Crippen molar-refractivity contribution in [1.82, 2.24) is 0 Å². The van der Waals surface area contributed by atoms with Gasteiger partial charge in [-0.15, -0.1) is 0 Å². The molecular weight excluding hydrogens is 156 g/mol. The van der Waals surface area contributed by atoms with Gasteiger partial charge in [-0.1, -0.05) is 0 Å². The van der Waals surface area contributed by atoms with Gasteiger partial charge in [0.05, 0.1) is 12.2 Å². The quantitative estimate of drug-likeness (QED) is 0.269. The molecule has 3 heteroatoms. The first kappa shape index (κ1) is 11.0. The maximum Gasteiger partial charge on any atom is 0.163 e. The van der Waals surface area contributed by atoms with Crippen LogP contribution in [0.5, 0.6) is 0 Å². The van der Waals surface area contributed by atoms with Crippen LogP contribution in [0.4, 0.5) is 0 Å². The van der Waals surface area contributed by atoms with E-state index in [1.807, 2.05) is 6.92 Å². The molecule has 0 unspecified atom stereocenters. The van der Waals surface area contributed by atoms with Crippen LogP contribution in [0.2, 0.25) is 0 Å². The van der Waals surface area contributed by atoms with Gasteiger partial charge in [0.1, 0.15) is 0 Å². The van der Waals surface area contributed by atoms with Crippen molar-refractivity contribution in [2.75, 3.05) is 13.2 Å². The zero-order chi connectivity index (χ0) is 9.56. The standard InChI is InChI=1S/C9H14O3/c1-4-12-6-5-9(7(2)10)8(3)11/h5H,4,6H2,1-3H3. The van der Waals surface area contributed by atoms with Crippen LogP contribution in [0.15, 0.2) is 11.6 Å². The molecule has 0 spiro atoms. The fourth-order valence-corrected chi connectivity index (χ4v) is 0.795. The third kappa shape index (κ3) is 4.03. The Morgan fingerprint density at radius 1 is 1.25 bits per heavy atom. The number of rotatable bonds is 5. The van der Waals surface area contributed by atoms with Gasteiger partial charge in [0.15, 0.2) is 11.6 Å². The average Bonchev–Trinajstić information content (AvgIpc) is 1.96. The summed E-state index contributed by atoms with van der Waals surface area (Å²) in [7, 11) is 0. The van der Waals surface area contributed by atoms with Gasteiger partial charge in [-0.05, 0) is 26.8 Å². The Morgan fingerprint density at radius 2 is 1.75 bits per heavy atom. The maximum atomic E-state index is 10.8. The van der Waals surface area contributed by atoms with Crippen molar-refractivity contribution < 1.29 is 14.3 Å². The van der Waals surface area contributed by atoms with Gasteiger partial charge in [-0.3, -0.25) is 9.59 Å². The number of ether oxygens (including phenoxy) is 1. The second-order valence-corrected chi connectivity index (χ2v) is 2.39. The SMILES string of the molecule is CCOCC=C(C(C)=O)C(C)=O. The number of carbonyl (C=O) groups excluding carboxylic acids is 2. The molecule has 0 saturated carbocycles. The van der Waals surface area contributed by atoms with Crippen molar-refractivity contribution in [2.24, 2.45) is 0 Å². The third-order valence-corrected chi connectivity index (χ3v) is 1.37. The summed E-state index contributed by atoms with van der Waals surface area (Å²) in [6.07, 6.45) is 1.52. The second kappa shape index (κ2) is 5.66. The van der Waals surface area contributed by atoms with Crippen LogP contribution in [0.1, 0.15) is 20.8 Å². The van der Waals surface area contributed by atoms with Gasteiger partial charge in [0.2, 0.25) is 0 Å². The molecule has 0 aliphatic rings. The van der Waals surface area contributed by atoms with E-state index in [2.05, 4.69) is 0 Å². The summed E-state index contributed by atoms with van der Waals surface area (Å²) in [5.74, 6) is -0.413. The van der Waals surface area contributed by atoms with E-state index in [0.717, 1.165) is 0 Å². The molecule has 0 aliphatic carbocycles. The molecule has 0 saturated heterocycles. The Kier molecular flexibility index (Phi) is 5.21. The molecule has 0 aromatic heterocycles. The molecular formula is C9H14O3. The highest BCUT2D eigenvalue weighted by Crippen LogP contribution is 1.97. The van der Waals surface area contributed by atoms with Crippen molar-refractivity contribution >= 4 is 11.6 Å². The molecule has 12 heavy (non-hydrogen) atoms. The van der Waals surface area contributed by atoms with E-state index in [1.54, 1.807) is 0 Å². The molecule has 0 rings (SSSR count). The molecule has 0 fully saturated rings. The second-order valence-electron chi connectivity index (χ2n) is 2.39. The van der Waals surface area contributed by atoms with Crippen molar-refractivity contribution in [3.8, 4) is 0 Å². The normalized spacial score (nSPS) is 9.25. The van der Waals surface area contributed by atoms with Crippen molar-refractivity contribution in [3.63, 3.8) is 0 Å². The van der Waals surface area contributed by atoms with Crippen LogP contribution in [0.3, 0.4) is 0 Å². The number of allylic oxidation sites excluding steroid dienone is 1. The minimum Gasteiger partial charge on any atom is -0.378 e. The fourth-order valence-electron chi connectivity index (χ4n) is 0.795. The van der Waals surface area contributed by atoms with E-state index in [1.165, 1.54) is 19.9 Å². The Bertz CT molecular complexity index is 188. The first-order valence-corrected chi connectivity index (χ1v) is 3.89. The van der Waals surface area contributed by atoms with E-state index < -0.39 is 0 Å². The van der Waals surface area contributed by atoms with Crippen molar-refractivity contribution in [3.05, 3.63) is 11.6 Å². The van der Waals surface area contributed by atoms with Gasteiger partial charge >= 0.3 is 0 Å². The monoisotopic (exact) mass is 170 g/mol. The van der Waals surface area contributed by atoms with Crippen molar-refractivity contribution in [2.45, 2.75) is 20.8 Å². The summed E-state index contributed by atoms with van der Waals surface area (Å²) in [4.78, 5) is 21.7. The zero-order valence-electron chi connectivity index (χ0n) is 7.72. The summed E-state index contributed by atoms with van der Waals surface area (Å²) < 4.78 is 4.98. The Hall–Kier alpha value is -0.960. The predicted molar refractivity (Wildman–Crippen MR) is 45.9 cm³/mol. The molecule has 0 aliphatic heterocycles. The Balaban J connectivity index is 4.20. The van der Waals surface area contributed by atoms with Gasteiger partial charge < -0.3 is 4.74 Å². The summed E-state index contributed by atoms with van der Waals surface area (Å²) in [6, 6.07) is 0. The van der Waals surface area contributed by atoms with Gasteiger partial charge in [-0.2, -0.15) is 0 Å². The van der Waals surface area contributed by atoms with E-state index >= 15 is 0 Å². The third-order valence-electron chi connectivity index (χ3n) is 1.37.